The van der Waals surface area contributed by atoms with E-state index in [0.29, 0.717) is 46.0 Å². The molecule has 1 N–H and O–H groups in total. The predicted molar refractivity (Wildman–Crippen MR) is 142 cm³/mol. The van der Waals surface area contributed by atoms with Gasteiger partial charge in [-0.05, 0) is 36.4 Å². The highest BCUT2D eigenvalue weighted by Gasteiger charge is 2.35. The molecule has 0 spiro atoms. The fourth-order valence-corrected chi connectivity index (χ4v) is 4.97. The molecule has 1 atom stereocenters. The predicted octanol–water partition coefficient (Wildman–Crippen LogP) is 4.21. The molecule has 0 saturated heterocycles. The quantitative estimate of drug-likeness (QED) is 0.505. The van der Waals surface area contributed by atoms with Crippen molar-refractivity contribution in [1.29, 1.82) is 0 Å². The normalized spacial score (nSPS) is 16.4. The third-order valence-corrected chi connectivity index (χ3v) is 6.68. The minimum atomic E-state index is -0.603. The molecule has 0 radical (unpaired) electrons. The van der Waals surface area contributed by atoms with Gasteiger partial charge in [0.25, 0.3) is 5.91 Å². The number of hydrazone groups is 1. The Bertz CT molecular complexity index is 1450. The van der Waals surface area contributed by atoms with E-state index < -0.39 is 6.17 Å². The summed E-state index contributed by atoms with van der Waals surface area (Å²) in [5.41, 5.74) is 2.21. The smallest absolute Gasteiger partial charge is 0.276 e. The molecule has 0 bridgehead atoms. The zero-order valence-corrected chi connectivity index (χ0v) is 21.5. The molecule has 184 valence electrons. The maximum atomic E-state index is 13.2. The first-order valence-electron chi connectivity index (χ1n) is 11.7. The second-order valence-corrected chi connectivity index (χ2v) is 9.70. The van der Waals surface area contributed by atoms with Crippen LogP contribution >= 0.6 is 23.4 Å². The number of halogens is 1. The van der Waals surface area contributed by atoms with E-state index in [1.54, 1.807) is 11.1 Å². The number of para-hydroxylation sites is 1. The number of carbonyl (C=O) groups is 1. The molecule has 0 unspecified atom stereocenters. The van der Waals surface area contributed by atoms with Crippen LogP contribution in [-0.4, -0.2) is 28.4 Å². The molecule has 3 aromatic rings. The van der Waals surface area contributed by atoms with Crippen molar-refractivity contribution in [3.8, 4) is 11.5 Å². The third kappa shape index (κ3) is 4.79. The Kier molecular flexibility index (Phi) is 7.16. The number of thioether (sulfide) groups is 1. The first-order chi connectivity index (χ1) is 17.6. The van der Waals surface area contributed by atoms with Crippen molar-refractivity contribution in [3.05, 3.63) is 93.5 Å². The highest BCUT2D eigenvalue weighted by Crippen LogP contribution is 2.41. The molecule has 0 saturated carbocycles. The summed E-state index contributed by atoms with van der Waals surface area (Å²) in [6.07, 6.45) is -0.603. The van der Waals surface area contributed by atoms with E-state index in [2.05, 4.69) is 5.32 Å². The van der Waals surface area contributed by atoms with Crippen LogP contribution in [0, 0.1) is 0 Å². The number of amides is 1. The molecule has 1 amide bonds. The fourth-order valence-electron chi connectivity index (χ4n) is 4.12. The molecule has 9 heteroatoms. The largest absolute Gasteiger partial charge is 0.490 e. The van der Waals surface area contributed by atoms with Crippen molar-refractivity contribution in [2.24, 2.45) is 10.1 Å². The molecule has 3 aromatic carbocycles. The van der Waals surface area contributed by atoms with Crippen molar-refractivity contribution in [3.63, 3.8) is 0 Å². The summed E-state index contributed by atoms with van der Waals surface area (Å²) in [4.78, 5) is 18.1. The number of benzene rings is 3. The van der Waals surface area contributed by atoms with Gasteiger partial charge in [-0.15, -0.1) is 5.10 Å². The van der Waals surface area contributed by atoms with Crippen LogP contribution in [-0.2, 0) is 11.4 Å². The van der Waals surface area contributed by atoms with Crippen molar-refractivity contribution in [2.45, 2.75) is 26.6 Å². The van der Waals surface area contributed by atoms with Crippen molar-refractivity contribution in [1.82, 2.24) is 10.3 Å². The van der Waals surface area contributed by atoms with Gasteiger partial charge >= 0.3 is 0 Å². The number of hydrogen-bond acceptors (Lipinski definition) is 7. The van der Waals surface area contributed by atoms with Crippen LogP contribution in [0.25, 0.3) is 5.70 Å². The number of fused-ring (bicyclic) bond motifs is 2. The lowest BCUT2D eigenvalue weighted by atomic mass is 10.1. The summed E-state index contributed by atoms with van der Waals surface area (Å²) in [7, 11) is 0. The van der Waals surface area contributed by atoms with Gasteiger partial charge in [-0.2, -0.15) is 0 Å². The monoisotopic (exact) mass is 520 g/mol. The highest BCUT2D eigenvalue weighted by molar-refractivity contribution is 8.13. The van der Waals surface area contributed by atoms with E-state index in [1.165, 1.54) is 11.8 Å². The van der Waals surface area contributed by atoms with Crippen molar-refractivity contribution < 1.29 is 14.3 Å². The summed E-state index contributed by atoms with van der Waals surface area (Å²) in [5, 5.41) is 11.7. The van der Waals surface area contributed by atoms with Gasteiger partial charge in [-0.3, -0.25) is 15.1 Å². The number of amidine groups is 1. The van der Waals surface area contributed by atoms with E-state index in [0.717, 1.165) is 22.1 Å². The molecule has 2 heterocycles. The van der Waals surface area contributed by atoms with Crippen molar-refractivity contribution in [2.75, 3.05) is 12.4 Å². The molecule has 0 aromatic heterocycles. The average molecular weight is 521 g/mol. The van der Waals surface area contributed by atoms with Crippen LogP contribution in [0.4, 0.5) is 0 Å². The maximum absolute atomic E-state index is 13.2. The third-order valence-electron chi connectivity index (χ3n) is 5.65. The number of nitrogens with one attached hydrogen (secondary N) is 1. The molecule has 5 rings (SSSR count). The summed E-state index contributed by atoms with van der Waals surface area (Å²) < 4.78 is 12.0. The summed E-state index contributed by atoms with van der Waals surface area (Å²) in [5.74, 6) is 1.54. The fraction of sp³-hybridized carbons (Fsp3) is 0.222. The summed E-state index contributed by atoms with van der Waals surface area (Å²) in [6, 6.07) is 21.1. The van der Waals surface area contributed by atoms with Gasteiger partial charge in [0.2, 0.25) is 0 Å². The molecule has 7 nitrogen and oxygen atoms in total. The SMILES string of the molecule is CCOc1cc([C@H]2N=c3ccccc3=C3C(=O)NC(SCC)=NN32)cc(Cl)c1OCc1ccccc1. The first kappa shape index (κ1) is 24.2. The van der Waals surface area contributed by atoms with Gasteiger partial charge < -0.3 is 9.47 Å². The number of carbonyl (C=O) groups excluding carboxylic acids is 1. The van der Waals surface area contributed by atoms with Crippen LogP contribution < -0.4 is 25.4 Å². The lowest BCUT2D eigenvalue weighted by Gasteiger charge is -2.34. The Morgan fingerprint density at radius 2 is 1.83 bits per heavy atom. The highest BCUT2D eigenvalue weighted by atomic mass is 35.5. The topological polar surface area (TPSA) is 75.5 Å². The Hall–Kier alpha value is -3.49. The molecular formula is C27H25ClN4O3S. The zero-order chi connectivity index (χ0) is 25.1. The second kappa shape index (κ2) is 10.6. The molecule has 0 fully saturated rings. The van der Waals surface area contributed by atoms with E-state index in [-0.39, 0.29) is 5.91 Å². The van der Waals surface area contributed by atoms with Crippen LogP contribution in [0.1, 0.15) is 31.1 Å². The Balaban J connectivity index is 1.59. The standard InChI is InChI=1S/C27H25ClN4O3S/c1-3-34-22-15-18(14-20(28)24(22)35-16-17-10-6-5-7-11-17)25-29-21-13-9-8-12-19(21)23-26(33)30-27(36-4-2)31-32(23)25/h5-15,25H,3-4,16H2,1-2H3,(H,30,31,33)/t25-/m0/s1. The Labute approximate surface area is 218 Å². The summed E-state index contributed by atoms with van der Waals surface area (Å²) in [6.45, 7) is 4.70. The number of ether oxygens (including phenoxy) is 2. The summed E-state index contributed by atoms with van der Waals surface area (Å²) >= 11 is 8.21. The maximum Gasteiger partial charge on any atom is 0.276 e. The average Bonchev–Trinajstić information content (AvgIpc) is 2.88. The Morgan fingerprint density at radius 1 is 1.06 bits per heavy atom. The molecule has 36 heavy (non-hydrogen) atoms. The van der Waals surface area contributed by atoms with E-state index in [9.17, 15) is 4.79 Å². The zero-order valence-electron chi connectivity index (χ0n) is 19.9. The molecular weight excluding hydrogens is 496 g/mol. The first-order valence-corrected chi connectivity index (χ1v) is 13.1. The molecule has 2 aliphatic heterocycles. The number of nitrogens with zero attached hydrogens (tertiary/aromatic N) is 3. The van der Waals surface area contributed by atoms with E-state index in [1.807, 2.05) is 74.5 Å². The number of rotatable bonds is 7. The van der Waals surface area contributed by atoms with Gasteiger partial charge in [0.05, 0.1) is 17.0 Å². The van der Waals surface area contributed by atoms with Gasteiger partial charge in [0.1, 0.15) is 12.3 Å². The van der Waals surface area contributed by atoms with Gasteiger partial charge in [-0.25, -0.2) is 5.01 Å². The molecule has 0 aliphatic carbocycles. The van der Waals surface area contributed by atoms with Crippen molar-refractivity contribution >= 4 is 40.1 Å². The minimum absolute atomic E-state index is 0.216. The minimum Gasteiger partial charge on any atom is -0.490 e. The van der Waals surface area contributed by atoms with E-state index in [4.69, 9.17) is 31.2 Å². The Morgan fingerprint density at radius 3 is 2.61 bits per heavy atom. The van der Waals surface area contributed by atoms with E-state index >= 15 is 0 Å². The molecule has 2 aliphatic rings. The van der Waals surface area contributed by atoms with Crippen LogP contribution in [0.5, 0.6) is 11.5 Å². The number of hydrogen-bond donors (Lipinski definition) is 1. The van der Waals surface area contributed by atoms with Crippen LogP contribution in [0.15, 0.2) is 76.8 Å². The van der Waals surface area contributed by atoms with Gasteiger partial charge in [-0.1, -0.05) is 78.8 Å². The van der Waals surface area contributed by atoms with Crippen LogP contribution in [0.2, 0.25) is 5.02 Å². The van der Waals surface area contributed by atoms with Gasteiger partial charge in [0.15, 0.2) is 22.8 Å². The van der Waals surface area contributed by atoms with Gasteiger partial charge in [0, 0.05) is 10.8 Å². The lowest BCUT2D eigenvalue weighted by Crippen LogP contribution is -2.50. The lowest BCUT2D eigenvalue weighted by molar-refractivity contribution is -0.116. The second-order valence-electron chi connectivity index (χ2n) is 8.04. The van der Waals surface area contributed by atoms with Crippen LogP contribution in [0.3, 0.4) is 0 Å².